The number of nitrogens with zero attached hydrogens (tertiary/aromatic N) is 1. The highest BCUT2D eigenvalue weighted by molar-refractivity contribution is 5.50. The van der Waals surface area contributed by atoms with Crippen molar-refractivity contribution in [1.82, 2.24) is 0 Å². The summed E-state index contributed by atoms with van der Waals surface area (Å²) >= 11 is 0. The largest absolute Gasteiger partial charge is 0.385 e. The maximum Gasteiger partial charge on any atom is 0.128 e. The van der Waals surface area contributed by atoms with Gasteiger partial charge in [0.15, 0.2) is 0 Å². The molecule has 0 saturated carbocycles. The molecule has 0 aliphatic carbocycles. The third-order valence-electron chi connectivity index (χ3n) is 2.30. The molecule has 0 spiro atoms. The van der Waals surface area contributed by atoms with Crippen LogP contribution in [-0.2, 0) is 0 Å². The molecule has 0 heterocycles. The fraction of sp³-hybridized carbons (Fsp3) is 0.417. The summed E-state index contributed by atoms with van der Waals surface area (Å²) in [7, 11) is 0. The number of nitriles is 1. The van der Waals surface area contributed by atoms with Gasteiger partial charge in [0.05, 0.1) is 6.07 Å². The van der Waals surface area contributed by atoms with Crippen LogP contribution in [0.1, 0.15) is 24.8 Å². The van der Waals surface area contributed by atoms with E-state index in [0.717, 1.165) is 25.1 Å². The predicted octanol–water partition coefficient (Wildman–Crippen LogP) is 3.24. The van der Waals surface area contributed by atoms with Gasteiger partial charge in [-0.25, -0.2) is 4.39 Å². The van der Waals surface area contributed by atoms with Crippen LogP contribution >= 0.6 is 0 Å². The number of benzene rings is 1. The number of hydrogen-bond acceptors (Lipinski definition) is 2. The number of anilines is 1. The molecule has 80 valence electrons. The molecule has 2 nitrogen and oxygen atoms in total. The molecule has 1 rings (SSSR count). The number of nitrogens with one attached hydrogen (secondary N) is 1. The van der Waals surface area contributed by atoms with Crippen molar-refractivity contribution in [3.05, 3.63) is 29.6 Å². The van der Waals surface area contributed by atoms with Crippen LogP contribution in [0.4, 0.5) is 10.1 Å². The van der Waals surface area contributed by atoms with Crippen molar-refractivity contribution in [2.24, 2.45) is 0 Å². The van der Waals surface area contributed by atoms with Crippen molar-refractivity contribution in [1.29, 1.82) is 5.26 Å². The molecule has 0 unspecified atom stereocenters. The van der Waals surface area contributed by atoms with Crippen LogP contribution in [0.5, 0.6) is 0 Å². The smallest absolute Gasteiger partial charge is 0.128 e. The van der Waals surface area contributed by atoms with E-state index in [0.29, 0.717) is 12.0 Å². The van der Waals surface area contributed by atoms with Gasteiger partial charge in [-0.3, -0.25) is 0 Å². The second kappa shape index (κ2) is 6.02. The molecule has 0 fully saturated rings. The van der Waals surface area contributed by atoms with Crippen molar-refractivity contribution >= 4 is 5.69 Å². The summed E-state index contributed by atoms with van der Waals surface area (Å²) < 4.78 is 13.1. The molecule has 1 N–H and O–H groups in total. The van der Waals surface area contributed by atoms with Crippen molar-refractivity contribution in [3.8, 4) is 6.07 Å². The minimum atomic E-state index is -0.183. The van der Waals surface area contributed by atoms with Gasteiger partial charge in [-0.05, 0) is 31.9 Å². The lowest BCUT2D eigenvalue weighted by Crippen LogP contribution is -2.03. The van der Waals surface area contributed by atoms with Gasteiger partial charge < -0.3 is 5.32 Å². The van der Waals surface area contributed by atoms with E-state index >= 15 is 0 Å². The molecule has 0 radical (unpaired) electrons. The van der Waals surface area contributed by atoms with Crippen molar-refractivity contribution in [2.75, 3.05) is 11.9 Å². The van der Waals surface area contributed by atoms with E-state index in [1.165, 1.54) is 6.07 Å². The molecule has 0 amide bonds. The maximum absolute atomic E-state index is 13.1. The molecule has 0 aromatic heterocycles. The summed E-state index contributed by atoms with van der Waals surface area (Å²) in [6.07, 6.45) is 2.41. The maximum atomic E-state index is 13.1. The molecule has 3 heteroatoms. The van der Waals surface area contributed by atoms with Gasteiger partial charge in [-0.15, -0.1) is 0 Å². The minimum Gasteiger partial charge on any atom is -0.385 e. The molecule has 15 heavy (non-hydrogen) atoms. The van der Waals surface area contributed by atoms with Crippen LogP contribution in [0.15, 0.2) is 18.2 Å². The lowest BCUT2D eigenvalue weighted by atomic mass is 10.2. The minimum absolute atomic E-state index is 0.183. The SMILES string of the molecule is Cc1c(F)cccc1NCCCCC#N. The van der Waals surface area contributed by atoms with Crippen LogP contribution in [0.25, 0.3) is 0 Å². The van der Waals surface area contributed by atoms with Gasteiger partial charge in [-0.2, -0.15) is 5.26 Å². The standard InChI is InChI=1S/C12H15FN2/c1-10-11(13)6-5-7-12(10)15-9-4-2-3-8-14/h5-7,15H,2-4,9H2,1H3. The summed E-state index contributed by atoms with van der Waals surface area (Å²) in [4.78, 5) is 0. The quantitative estimate of drug-likeness (QED) is 0.751. The van der Waals surface area contributed by atoms with Gasteiger partial charge in [0.1, 0.15) is 5.82 Å². The monoisotopic (exact) mass is 206 g/mol. The highest BCUT2D eigenvalue weighted by atomic mass is 19.1. The molecule has 0 saturated heterocycles. The van der Waals surface area contributed by atoms with E-state index in [9.17, 15) is 4.39 Å². The van der Waals surface area contributed by atoms with E-state index in [1.54, 1.807) is 13.0 Å². The fourth-order valence-electron chi connectivity index (χ4n) is 1.35. The molecular weight excluding hydrogens is 191 g/mol. The first kappa shape index (κ1) is 11.5. The Kier molecular flexibility index (Phi) is 4.62. The Morgan fingerprint density at radius 1 is 1.40 bits per heavy atom. The van der Waals surface area contributed by atoms with Gasteiger partial charge >= 0.3 is 0 Å². The lowest BCUT2D eigenvalue weighted by molar-refractivity contribution is 0.619. The summed E-state index contributed by atoms with van der Waals surface area (Å²) in [6.45, 7) is 2.54. The summed E-state index contributed by atoms with van der Waals surface area (Å²) in [5, 5.41) is 11.5. The topological polar surface area (TPSA) is 35.8 Å². The highest BCUT2D eigenvalue weighted by Gasteiger charge is 2.01. The van der Waals surface area contributed by atoms with Crippen molar-refractivity contribution in [2.45, 2.75) is 26.2 Å². The number of halogens is 1. The molecule has 0 aliphatic rings. The van der Waals surface area contributed by atoms with E-state index in [2.05, 4.69) is 11.4 Å². The third-order valence-corrected chi connectivity index (χ3v) is 2.30. The van der Waals surface area contributed by atoms with Crippen molar-refractivity contribution in [3.63, 3.8) is 0 Å². The zero-order valence-corrected chi connectivity index (χ0v) is 8.89. The number of rotatable bonds is 5. The van der Waals surface area contributed by atoms with E-state index in [1.807, 2.05) is 6.07 Å². The first-order valence-corrected chi connectivity index (χ1v) is 5.11. The van der Waals surface area contributed by atoms with Crippen LogP contribution in [0.2, 0.25) is 0 Å². The molecule has 0 aliphatic heterocycles. The molecule has 1 aromatic carbocycles. The summed E-state index contributed by atoms with van der Waals surface area (Å²) in [5.74, 6) is -0.183. The number of hydrogen-bond donors (Lipinski definition) is 1. The van der Waals surface area contributed by atoms with Gasteiger partial charge in [-0.1, -0.05) is 6.07 Å². The Bertz CT molecular complexity index is 355. The van der Waals surface area contributed by atoms with E-state index in [4.69, 9.17) is 5.26 Å². The summed E-state index contributed by atoms with van der Waals surface area (Å²) in [5.41, 5.74) is 1.49. The van der Waals surface area contributed by atoms with Crippen LogP contribution in [0, 0.1) is 24.1 Å². The first-order valence-electron chi connectivity index (χ1n) is 5.11. The number of unbranched alkanes of at least 4 members (excludes halogenated alkanes) is 2. The van der Waals surface area contributed by atoms with Crippen LogP contribution in [0.3, 0.4) is 0 Å². The Morgan fingerprint density at radius 2 is 2.20 bits per heavy atom. The second-order valence-electron chi connectivity index (χ2n) is 3.45. The van der Waals surface area contributed by atoms with E-state index < -0.39 is 0 Å². The zero-order valence-electron chi connectivity index (χ0n) is 8.89. The Hall–Kier alpha value is -1.56. The summed E-state index contributed by atoms with van der Waals surface area (Å²) in [6, 6.07) is 7.11. The van der Waals surface area contributed by atoms with Gasteiger partial charge in [0.2, 0.25) is 0 Å². The average molecular weight is 206 g/mol. The average Bonchev–Trinajstić information content (AvgIpc) is 2.24. The molecule has 0 atom stereocenters. The van der Waals surface area contributed by atoms with E-state index in [-0.39, 0.29) is 5.82 Å². The third kappa shape index (κ3) is 3.59. The van der Waals surface area contributed by atoms with Crippen LogP contribution < -0.4 is 5.32 Å². The first-order chi connectivity index (χ1) is 7.25. The molecular formula is C12H15FN2. The van der Waals surface area contributed by atoms with Gasteiger partial charge in [0, 0.05) is 24.2 Å². The Labute approximate surface area is 89.7 Å². The zero-order chi connectivity index (χ0) is 11.1. The van der Waals surface area contributed by atoms with Gasteiger partial charge in [0.25, 0.3) is 0 Å². The highest BCUT2D eigenvalue weighted by Crippen LogP contribution is 2.17. The fourth-order valence-corrected chi connectivity index (χ4v) is 1.35. The van der Waals surface area contributed by atoms with Crippen molar-refractivity contribution < 1.29 is 4.39 Å². The lowest BCUT2D eigenvalue weighted by Gasteiger charge is -2.09. The second-order valence-corrected chi connectivity index (χ2v) is 3.45. The normalized spacial score (nSPS) is 9.67. The molecule has 0 bridgehead atoms. The Balaban J connectivity index is 2.38. The molecule has 1 aromatic rings. The van der Waals surface area contributed by atoms with Crippen LogP contribution in [-0.4, -0.2) is 6.54 Å². The Morgan fingerprint density at radius 3 is 2.93 bits per heavy atom. The predicted molar refractivity (Wildman–Crippen MR) is 59.1 cm³/mol.